The number of amides is 3. The van der Waals surface area contributed by atoms with E-state index in [4.69, 9.17) is 43.5 Å². The number of aliphatic carboxylic acids is 1. The number of hydrogen-bond acceptors (Lipinski definition) is 9. The van der Waals surface area contributed by atoms with E-state index in [1.165, 1.54) is 27.7 Å². The average Bonchev–Trinajstić information content (AvgIpc) is 3.31. The van der Waals surface area contributed by atoms with Crippen LogP contribution in [0.2, 0.25) is 10.0 Å². The molecule has 0 heterocycles. The number of carbonyl (C=O) groups is 6. The standard InChI is InChI=1S/C27H27ClN2O4.C19H20ClNO4.C8H9NO/c1-18(31)20-8-12-23(13-9-20)30-26(33)27(2,3)34-24-14-4-19(5-15-24)16-17-29-25(32)21-6-10-22(28)11-7-21;1-19(2,18(23)24)25-16-9-3-13(4-10-16)11-12-21-17(22)14-5-7-15(20)8-6-14;1-6(10)7-2-4-8(9)5-3-7/h4-15H,16-17H2,1-3H3,(H,29,32)(H,30,33);3-10H,11-12H2,1-2H3,(H,21,22)(H,23,24);2-5H,9H2,1H3. The van der Waals surface area contributed by atoms with Gasteiger partial charge < -0.3 is 36.3 Å². The van der Waals surface area contributed by atoms with Crippen LogP contribution in [0.3, 0.4) is 0 Å². The minimum absolute atomic E-state index is 0.0334. The van der Waals surface area contributed by atoms with Crippen LogP contribution in [-0.2, 0) is 22.4 Å². The lowest BCUT2D eigenvalue weighted by Gasteiger charge is -2.25. The van der Waals surface area contributed by atoms with Crippen molar-refractivity contribution in [2.45, 2.75) is 65.6 Å². The van der Waals surface area contributed by atoms with Gasteiger partial charge in [0.05, 0.1) is 0 Å². The third-order valence-corrected chi connectivity index (χ3v) is 10.6. The number of nitrogen functional groups attached to an aromatic ring is 1. The Hall–Kier alpha value is -7.48. The van der Waals surface area contributed by atoms with Crippen LogP contribution in [0, 0.1) is 0 Å². The third-order valence-electron chi connectivity index (χ3n) is 10.1. The minimum atomic E-state index is -1.28. The van der Waals surface area contributed by atoms with Crippen molar-refractivity contribution < 1.29 is 43.3 Å². The van der Waals surface area contributed by atoms with Crippen LogP contribution in [0.5, 0.6) is 11.5 Å². The monoisotopic (exact) mass is 974 g/mol. The maximum Gasteiger partial charge on any atom is 0.347 e. The normalized spacial score (nSPS) is 10.7. The third kappa shape index (κ3) is 18.3. The van der Waals surface area contributed by atoms with E-state index in [2.05, 4.69) is 16.0 Å². The minimum Gasteiger partial charge on any atom is -0.478 e. The van der Waals surface area contributed by atoms with Gasteiger partial charge in [-0.25, -0.2) is 4.79 Å². The van der Waals surface area contributed by atoms with E-state index in [1.807, 2.05) is 24.3 Å². The van der Waals surface area contributed by atoms with Gasteiger partial charge in [-0.1, -0.05) is 47.5 Å². The fourth-order valence-corrected chi connectivity index (χ4v) is 6.21. The molecule has 0 aliphatic rings. The number of carboxylic acid groups (broad SMARTS) is 1. The molecule has 3 amide bonds. The SMILES string of the molecule is CC(=O)c1ccc(N)cc1.CC(=O)c1ccc(NC(=O)C(C)(C)Oc2ccc(CCNC(=O)c3ccc(Cl)cc3)cc2)cc1.CC(C)(Oc1ccc(CCNC(=O)c2ccc(Cl)cc2)cc1)C(=O)O. The average molecular weight is 976 g/mol. The Morgan fingerprint density at radius 3 is 1.22 bits per heavy atom. The zero-order valence-corrected chi connectivity index (χ0v) is 40.7. The summed E-state index contributed by atoms with van der Waals surface area (Å²) in [5, 5.41) is 18.8. The highest BCUT2D eigenvalue weighted by molar-refractivity contribution is 6.31. The molecule has 0 spiro atoms. The van der Waals surface area contributed by atoms with Crippen molar-refractivity contribution in [1.82, 2.24) is 10.6 Å². The summed E-state index contributed by atoms with van der Waals surface area (Å²) in [5.41, 5.74) is 8.72. The van der Waals surface area contributed by atoms with Crippen LogP contribution >= 0.6 is 23.2 Å². The number of benzene rings is 6. The van der Waals surface area contributed by atoms with Crippen molar-refractivity contribution in [2.24, 2.45) is 0 Å². The van der Waals surface area contributed by atoms with Crippen molar-refractivity contribution in [3.05, 3.63) is 189 Å². The van der Waals surface area contributed by atoms with Gasteiger partial charge in [0.2, 0.25) is 0 Å². The molecular weight excluding hydrogens is 920 g/mol. The molecule has 6 N–H and O–H groups in total. The first-order valence-corrected chi connectivity index (χ1v) is 22.5. The number of carboxylic acids is 1. The summed E-state index contributed by atoms with van der Waals surface area (Å²) in [6.45, 7) is 10.4. The lowest BCUT2D eigenvalue weighted by Crippen LogP contribution is -2.42. The smallest absolute Gasteiger partial charge is 0.347 e. The number of ketones is 2. The van der Waals surface area contributed by atoms with Crippen molar-refractivity contribution in [2.75, 3.05) is 24.1 Å². The van der Waals surface area contributed by atoms with Crippen molar-refractivity contribution in [1.29, 1.82) is 0 Å². The summed E-state index contributed by atoms with van der Waals surface area (Å²) in [7, 11) is 0. The van der Waals surface area contributed by atoms with E-state index < -0.39 is 17.2 Å². The molecule has 360 valence electrons. The molecule has 0 saturated heterocycles. The van der Waals surface area contributed by atoms with Gasteiger partial charge in [0.15, 0.2) is 22.8 Å². The number of hydrogen-bond donors (Lipinski definition) is 5. The number of anilines is 2. The summed E-state index contributed by atoms with van der Waals surface area (Å²) < 4.78 is 11.4. The second kappa shape index (κ2) is 25.6. The highest BCUT2D eigenvalue weighted by Gasteiger charge is 2.31. The predicted molar refractivity (Wildman–Crippen MR) is 271 cm³/mol. The molecule has 0 aromatic heterocycles. The molecule has 13 nitrogen and oxygen atoms in total. The van der Waals surface area contributed by atoms with Crippen molar-refractivity contribution >= 4 is 69.8 Å². The lowest BCUT2D eigenvalue weighted by atomic mass is 10.1. The van der Waals surface area contributed by atoms with Gasteiger partial charge in [-0.15, -0.1) is 0 Å². The van der Waals surface area contributed by atoms with Gasteiger partial charge in [-0.05, 0) is 187 Å². The molecule has 6 rings (SSSR count). The zero-order valence-electron chi connectivity index (χ0n) is 39.2. The van der Waals surface area contributed by atoms with Crippen LogP contribution in [0.25, 0.3) is 0 Å². The Morgan fingerprint density at radius 1 is 0.507 bits per heavy atom. The van der Waals surface area contributed by atoms with Crippen LogP contribution in [0.1, 0.15) is 94.1 Å². The molecule has 6 aromatic carbocycles. The lowest BCUT2D eigenvalue weighted by molar-refractivity contribution is -0.152. The Labute approximate surface area is 412 Å². The van der Waals surface area contributed by atoms with Crippen LogP contribution in [-0.4, -0.2) is 64.7 Å². The molecular formula is C54H56Cl2N4O9. The summed E-state index contributed by atoms with van der Waals surface area (Å²) in [6, 6.07) is 41.6. The first-order valence-electron chi connectivity index (χ1n) is 21.8. The number of carbonyl (C=O) groups excluding carboxylic acids is 5. The quantitative estimate of drug-likeness (QED) is 0.0432. The van der Waals surface area contributed by atoms with Gasteiger partial charge in [0.1, 0.15) is 11.5 Å². The topological polar surface area (TPSA) is 203 Å². The van der Waals surface area contributed by atoms with Crippen LogP contribution in [0.4, 0.5) is 11.4 Å². The molecule has 0 aliphatic heterocycles. The fraction of sp³-hybridized carbons (Fsp3) is 0.222. The van der Waals surface area contributed by atoms with Gasteiger partial charge in [0, 0.05) is 56.8 Å². The molecule has 0 unspecified atom stereocenters. The fourth-order valence-electron chi connectivity index (χ4n) is 5.96. The first kappa shape index (κ1) is 54.1. The number of nitrogens with two attached hydrogens (primary N) is 1. The van der Waals surface area contributed by atoms with E-state index in [0.29, 0.717) is 81.1 Å². The second-order valence-corrected chi connectivity index (χ2v) is 17.5. The highest BCUT2D eigenvalue weighted by Crippen LogP contribution is 2.23. The van der Waals surface area contributed by atoms with Gasteiger partial charge in [0.25, 0.3) is 17.7 Å². The molecule has 69 heavy (non-hydrogen) atoms. The molecule has 0 saturated carbocycles. The second-order valence-electron chi connectivity index (χ2n) is 16.6. The predicted octanol–water partition coefficient (Wildman–Crippen LogP) is 10.3. The maximum atomic E-state index is 12.7. The van der Waals surface area contributed by atoms with Gasteiger partial charge in [-0.2, -0.15) is 0 Å². The van der Waals surface area contributed by atoms with Gasteiger partial charge >= 0.3 is 5.97 Å². The molecule has 0 aliphatic carbocycles. The van der Waals surface area contributed by atoms with Crippen LogP contribution in [0.15, 0.2) is 146 Å². The summed E-state index contributed by atoms with van der Waals surface area (Å²) in [5.74, 6) is -0.560. The Balaban J connectivity index is 0.000000258. The van der Waals surface area contributed by atoms with E-state index in [9.17, 15) is 28.8 Å². The number of nitrogens with one attached hydrogen (secondary N) is 3. The van der Waals surface area contributed by atoms with E-state index in [1.54, 1.807) is 135 Å². The number of halogens is 2. The molecule has 0 fully saturated rings. The Morgan fingerprint density at radius 2 is 0.855 bits per heavy atom. The molecule has 15 heteroatoms. The number of Topliss-reactive ketones (excluding diaryl/α,β-unsaturated/α-hetero) is 2. The maximum absolute atomic E-state index is 12.7. The highest BCUT2D eigenvalue weighted by atomic mass is 35.5. The molecule has 0 radical (unpaired) electrons. The molecule has 0 bridgehead atoms. The molecule has 0 atom stereocenters. The van der Waals surface area contributed by atoms with E-state index in [-0.39, 0.29) is 29.3 Å². The van der Waals surface area contributed by atoms with E-state index >= 15 is 0 Å². The first-order chi connectivity index (χ1) is 32.6. The van der Waals surface area contributed by atoms with Crippen molar-refractivity contribution in [3.63, 3.8) is 0 Å². The Bertz CT molecular complexity index is 2670. The number of ether oxygens (including phenoxy) is 2. The zero-order chi connectivity index (χ0) is 50.7. The summed E-state index contributed by atoms with van der Waals surface area (Å²) in [4.78, 5) is 70.0. The largest absolute Gasteiger partial charge is 0.478 e. The van der Waals surface area contributed by atoms with E-state index in [0.717, 1.165) is 11.1 Å². The molecule has 6 aromatic rings. The van der Waals surface area contributed by atoms with Gasteiger partial charge in [-0.3, -0.25) is 24.0 Å². The number of rotatable bonds is 17. The van der Waals surface area contributed by atoms with Crippen molar-refractivity contribution in [3.8, 4) is 11.5 Å². The summed E-state index contributed by atoms with van der Waals surface area (Å²) >= 11 is 11.6. The Kier molecular flexibility index (Phi) is 20.1. The summed E-state index contributed by atoms with van der Waals surface area (Å²) in [6.07, 6.45) is 1.31. The van der Waals surface area contributed by atoms with Crippen LogP contribution < -0.4 is 31.2 Å².